The average Bonchev–Trinajstić information content (AvgIpc) is 2.74. The summed E-state index contributed by atoms with van der Waals surface area (Å²) in [7, 11) is -3.59. The number of esters is 1. The van der Waals surface area contributed by atoms with Gasteiger partial charge in [-0.15, -0.1) is 0 Å². The minimum Gasteiger partial charge on any atom is -0.462 e. The number of ether oxygens (including phenoxy) is 1. The quantitative estimate of drug-likeness (QED) is 0.574. The molecule has 2 aromatic rings. The molecule has 0 saturated carbocycles. The topological polar surface area (TPSA) is 92.8 Å². The number of nitrogens with one attached hydrogen (secondary N) is 1. The summed E-state index contributed by atoms with van der Waals surface area (Å²) in [6, 6.07) is 12.2. The number of carbonyl (C=O) groups is 2. The van der Waals surface area contributed by atoms with Crippen molar-refractivity contribution in [3.05, 3.63) is 59.7 Å². The van der Waals surface area contributed by atoms with Gasteiger partial charge in [0.25, 0.3) is 5.91 Å². The highest BCUT2D eigenvalue weighted by Crippen LogP contribution is 2.18. The Hall–Kier alpha value is -2.71. The van der Waals surface area contributed by atoms with E-state index in [1.807, 2.05) is 13.8 Å². The van der Waals surface area contributed by atoms with Crippen LogP contribution in [0.1, 0.15) is 54.3 Å². The Morgan fingerprint density at radius 3 is 1.90 bits per heavy atom. The Labute approximate surface area is 178 Å². The molecule has 0 aliphatic rings. The lowest BCUT2D eigenvalue weighted by Gasteiger charge is -2.21. The smallest absolute Gasteiger partial charge is 0.338 e. The zero-order chi connectivity index (χ0) is 22.1. The van der Waals surface area contributed by atoms with Crippen molar-refractivity contribution in [1.82, 2.24) is 4.31 Å². The second kappa shape index (κ2) is 10.9. The normalized spacial score (nSPS) is 11.3. The van der Waals surface area contributed by atoms with E-state index in [2.05, 4.69) is 5.32 Å². The molecule has 0 unspecified atom stereocenters. The molecule has 1 N–H and O–H groups in total. The SMILES string of the molecule is CCCN(CCC)S(=O)(=O)c1ccc(C(=O)Nc2ccc(C(=O)OCC)cc2)cc1. The van der Waals surface area contributed by atoms with Crippen LogP contribution in [0.5, 0.6) is 0 Å². The number of hydrogen-bond donors (Lipinski definition) is 1. The van der Waals surface area contributed by atoms with Gasteiger partial charge in [-0.25, -0.2) is 13.2 Å². The summed E-state index contributed by atoms with van der Waals surface area (Å²) in [5.41, 5.74) is 1.25. The van der Waals surface area contributed by atoms with E-state index >= 15 is 0 Å². The number of sulfonamides is 1. The van der Waals surface area contributed by atoms with Crippen LogP contribution in [-0.2, 0) is 14.8 Å². The Balaban J connectivity index is 2.10. The monoisotopic (exact) mass is 432 g/mol. The Morgan fingerprint density at radius 1 is 0.867 bits per heavy atom. The molecule has 2 aromatic carbocycles. The number of amides is 1. The van der Waals surface area contributed by atoms with Crippen LogP contribution >= 0.6 is 0 Å². The van der Waals surface area contributed by atoms with E-state index in [0.29, 0.717) is 29.9 Å². The molecule has 0 atom stereocenters. The van der Waals surface area contributed by atoms with Crippen LogP contribution in [0.3, 0.4) is 0 Å². The van der Waals surface area contributed by atoms with Gasteiger partial charge in [0, 0.05) is 24.3 Å². The van der Waals surface area contributed by atoms with Crippen molar-refractivity contribution in [2.75, 3.05) is 25.0 Å². The van der Waals surface area contributed by atoms with Crippen molar-refractivity contribution < 1.29 is 22.7 Å². The van der Waals surface area contributed by atoms with Crippen molar-refractivity contribution in [3.8, 4) is 0 Å². The largest absolute Gasteiger partial charge is 0.462 e. The molecule has 0 bridgehead atoms. The van der Waals surface area contributed by atoms with E-state index in [-0.39, 0.29) is 17.4 Å². The number of anilines is 1. The molecule has 0 aromatic heterocycles. The summed E-state index contributed by atoms with van der Waals surface area (Å²) in [5.74, 6) is -0.797. The van der Waals surface area contributed by atoms with Crippen molar-refractivity contribution in [2.45, 2.75) is 38.5 Å². The first-order valence-electron chi connectivity index (χ1n) is 10.0. The van der Waals surface area contributed by atoms with Crippen LogP contribution in [-0.4, -0.2) is 44.3 Å². The summed E-state index contributed by atoms with van der Waals surface area (Å²) >= 11 is 0. The third kappa shape index (κ3) is 5.90. The van der Waals surface area contributed by atoms with Gasteiger partial charge in [-0.1, -0.05) is 13.8 Å². The number of rotatable bonds is 10. The molecule has 2 rings (SSSR count). The predicted octanol–water partition coefficient (Wildman–Crippen LogP) is 3.93. The lowest BCUT2D eigenvalue weighted by Crippen LogP contribution is -2.32. The van der Waals surface area contributed by atoms with E-state index < -0.39 is 16.0 Å². The van der Waals surface area contributed by atoms with E-state index in [1.165, 1.54) is 28.6 Å². The van der Waals surface area contributed by atoms with Crippen molar-refractivity contribution in [1.29, 1.82) is 0 Å². The molecule has 0 heterocycles. The van der Waals surface area contributed by atoms with E-state index in [0.717, 1.165) is 12.8 Å². The third-order valence-electron chi connectivity index (χ3n) is 4.35. The highest BCUT2D eigenvalue weighted by atomic mass is 32.2. The maximum atomic E-state index is 12.8. The molecule has 30 heavy (non-hydrogen) atoms. The van der Waals surface area contributed by atoms with Gasteiger partial charge in [0.05, 0.1) is 17.1 Å². The first kappa shape index (κ1) is 23.6. The van der Waals surface area contributed by atoms with Crippen molar-refractivity contribution in [3.63, 3.8) is 0 Å². The minimum atomic E-state index is -3.59. The van der Waals surface area contributed by atoms with E-state index in [1.54, 1.807) is 31.2 Å². The van der Waals surface area contributed by atoms with Gasteiger partial charge in [0.2, 0.25) is 10.0 Å². The Bertz CT molecular complexity index is 948. The molecule has 0 aliphatic carbocycles. The number of benzene rings is 2. The fourth-order valence-corrected chi connectivity index (χ4v) is 4.51. The molecule has 0 aliphatic heterocycles. The third-order valence-corrected chi connectivity index (χ3v) is 6.27. The molecule has 0 radical (unpaired) electrons. The zero-order valence-corrected chi connectivity index (χ0v) is 18.4. The van der Waals surface area contributed by atoms with Gasteiger partial charge in [-0.2, -0.15) is 4.31 Å². The average molecular weight is 433 g/mol. The summed E-state index contributed by atoms with van der Waals surface area (Å²) in [5, 5.41) is 2.73. The van der Waals surface area contributed by atoms with Crippen molar-refractivity contribution >= 4 is 27.6 Å². The van der Waals surface area contributed by atoms with Crippen LogP contribution in [0.4, 0.5) is 5.69 Å². The summed E-state index contributed by atoms with van der Waals surface area (Å²) in [4.78, 5) is 24.3. The predicted molar refractivity (Wildman–Crippen MR) is 116 cm³/mol. The Morgan fingerprint density at radius 2 is 1.40 bits per heavy atom. The van der Waals surface area contributed by atoms with Gasteiger partial charge in [-0.05, 0) is 68.3 Å². The first-order chi connectivity index (χ1) is 14.3. The van der Waals surface area contributed by atoms with Crippen LogP contribution < -0.4 is 5.32 Å². The highest BCUT2D eigenvalue weighted by molar-refractivity contribution is 7.89. The van der Waals surface area contributed by atoms with E-state index in [9.17, 15) is 18.0 Å². The zero-order valence-electron chi connectivity index (χ0n) is 17.6. The van der Waals surface area contributed by atoms with Gasteiger partial charge in [0.15, 0.2) is 0 Å². The minimum absolute atomic E-state index is 0.166. The maximum Gasteiger partial charge on any atom is 0.338 e. The second-order valence-corrected chi connectivity index (χ2v) is 8.62. The number of nitrogens with zero attached hydrogens (tertiary/aromatic N) is 1. The molecular formula is C22H28N2O5S. The molecule has 0 spiro atoms. The lowest BCUT2D eigenvalue weighted by molar-refractivity contribution is 0.0526. The molecule has 0 saturated heterocycles. The number of hydrogen-bond acceptors (Lipinski definition) is 5. The summed E-state index contributed by atoms with van der Waals surface area (Å²) in [6.45, 7) is 6.81. The fraction of sp³-hybridized carbons (Fsp3) is 0.364. The van der Waals surface area contributed by atoms with Gasteiger partial charge >= 0.3 is 5.97 Å². The Kier molecular flexibility index (Phi) is 8.56. The molecule has 0 fully saturated rings. The van der Waals surface area contributed by atoms with Crippen LogP contribution in [0, 0.1) is 0 Å². The molecular weight excluding hydrogens is 404 g/mol. The van der Waals surface area contributed by atoms with Crippen LogP contribution in [0.2, 0.25) is 0 Å². The highest BCUT2D eigenvalue weighted by Gasteiger charge is 2.23. The molecule has 1 amide bonds. The van der Waals surface area contributed by atoms with Crippen LogP contribution in [0.15, 0.2) is 53.4 Å². The standard InChI is InChI=1S/C22H28N2O5S/c1-4-15-24(16-5-2)30(27,28)20-13-9-17(10-14-20)21(25)23-19-11-7-18(8-12-19)22(26)29-6-3/h7-14H,4-6,15-16H2,1-3H3,(H,23,25). The maximum absolute atomic E-state index is 12.8. The summed E-state index contributed by atoms with van der Waals surface area (Å²) in [6.07, 6.45) is 1.46. The molecule has 8 heteroatoms. The van der Waals surface area contributed by atoms with Crippen molar-refractivity contribution in [2.24, 2.45) is 0 Å². The molecule has 162 valence electrons. The fourth-order valence-electron chi connectivity index (χ4n) is 2.89. The first-order valence-corrected chi connectivity index (χ1v) is 11.5. The second-order valence-electron chi connectivity index (χ2n) is 6.68. The molecule has 7 nitrogen and oxygen atoms in total. The van der Waals surface area contributed by atoms with Crippen LogP contribution in [0.25, 0.3) is 0 Å². The summed E-state index contributed by atoms with van der Waals surface area (Å²) < 4.78 is 32.0. The number of carbonyl (C=O) groups excluding carboxylic acids is 2. The van der Waals surface area contributed by atoms with Gasteiger partial charge in [-0.3, -0.25) is 4.79 Å². The van der Waals surface area contributed by atoms with Gasteiger partial charge < -0.3 is 10.1 Å². The van der Waals surface area contributed by atoms with E-state index in [4.69, 9.17) is 4.74 Å². The lowest BCUT2D eigenvalue weighted by atomic mass is 10.2. The van der Waals surface area contributed by atoms with Gasteiger partial charge in [0.1, 0.15) is 0 Å².